The van der Waals surface area contributed by atoms with E-state index in [1.165, 1.54) is 6.20 Å². The summed E-state index contributed by atoms with van der Waals surface area (Å²) in [6.07, 6.45) is 1.26. The summed E-state index contributed by atoms with van der Waals surface area (Å²) < 4.78 is 0. The first-order valence-electron chi connectivity index (χ1n) is 5.29. The third kappa shape index (κ3) is 2.16. The lowest BCUT2D eigenvalue weighted by Gasteiger charge is -1.96. The topological polar surface area (TPSA) is 138 Å². The Bertz CT molecular complexity index is 818. The molecule has 2 aromatic heterocycles. The lowest BCUT2D eigenvalue weighted by molar-refractivity contribution is 0.959. The van der Waals surface area contributed by atoms with Gasteiger partial charge in [-0.3, -0.25) is 4.98 Å². The number of anilines is 1. The maximum atomic E-state index is 10.9. The van der Waals surface area contributed by atoms with Crippen molar-refractivity contribution in [3.8, 4) is 0 Å². The minimum Gasteiger partial charge on any atom is -0.383 e. The summed E-state index contributed by atoms with van der Waals surface area (Å²) in [7, 11) is 0. The average molecular weight is 256 g/mol. The quantitative estimate of drug-likeness (QED) is 0.588. The lowest BCUT2D eigenvalue weighted by atomic mass is 10.3. The standard InChI is InChI=1S/C10H8N8O/c11-9-8(4-12-10(19)13-9)15-14-5-1-2-6-7(3-5)17-18-16-6/h1-4H,(H,16,17,18)(H3,11,12,13,19). The Kier molecular flexibility index (Phi) is 2.49. The van der Waals surface area contributed by atoms with Gasteiger partial charge in [0.25, 0.3) is 0 Å². The van der Waals surface area contributed by atoms with Crippen molar-refractivity contribution in [1.82, 2.24) is 25.4 Å². The molecule has 1 aromatic carbocycles. The van der Waals surface area contributed by atoms with Gasteiger partial charge in [-0.05, 0) is 18.2 Å². The van der Waals surface area contributed by atoms with E-state index in [0.29, 0.717) is 16.9 Å². The van der Waals surface area contributed by atoms with Crippen LogP contribution in [-0.2, 0) is 0 Å². The SMILES string of the molecule is Nc1[nH]c(=O)ncc1N=Nc1ccc2n[nH]nc2c1. The molecule has 94 valence electrons. The fraction of sp³-hybridized carbons (Fsp3) is 0. The van der Waals surface area contributed by atoms with Gasteiger partial charge in [0.2, 0.25) is 0 Å². The zero-order chi connectivity index (χ0) is 13.2. The molecular weight excluding hydrogens is 248 g/mol. The normalized spacial score (nSPS) is 11.4. The van der Waals surface area contributed by atoms with Crippen molar-refractivity contribution in [1.29, 1.82) is 0 Å². The Hall–Kier alpha value is -3.10. The van der Waals surface area contributed by atoms with E-state index >= 15 is 0 Å². The monoisotopic (exact) mass is 256 g/mol. The highest BCUT2D eigenvalue weighted by Crippen LogP contribution is 2.22. The number of nitrogens with two attached hydrogens (primary N) is 1. The lowest BCUT2D eigenvalue weighted by Crippen LogP contribution is -2.11. The van der Waals surface area contributed by atoms with Crippen molar-refractivity contribution < 1.29 is 0 Å². The number of azo groups is 1. The summed E-state index contributed by atoms with van der Waals surface area (Å²) in [5.41, 5.74) is 7.36. The van der Waals surface area contributed by atoms with Crippen LogP contribution in [0.1, 0.15) is 0 Å². The molecule has 0 spiro atoms. The van der Waals surface area contributed by atoms with Gasteiger partial charge in [-0.2, -0.15) is 25.5 Å². The maximum Gasteiger partial charge on any atom is 0.346 e. The van der Waals surface area contributed by atoms with Gasteiger partial charge in [-0.15, -0.1) is 5.11 Å². The molecule has 0 unspecified atom stereocenters. The fourth-order valence-electron chi connectivity index (χ4n) is 1.48. The van der Waals surface area contributed by atoms with E-state index in [2.05, 4.69) is 35.6 Å². The van der Waals surface area contributed by atoms with Crippen LogP contribution in [0.4, 0.5) is 17.2 Å². The molecule has 0 aliphatic carbocycles. The molecule has 0 aliphatic heterocycles. The predicted octanol–water partition coefficient (Wildman–Crippen LogP) is 1.04. The van der Waals surface area contributed by atoms with Crippen LogP contribution in [-0.4, -0.2) is 25.4 Å². The van der Waals surface area contributed by atoms with E-state index in [0.717, 1.165) is 5.52 Å². The molecule has 0 atom stereocenters. The minimum atomic E-state index is -0.527. The summed E-state index contributed by atoms with van der Waals surface area (Å²) >= 11 is 0. The molecule has 2 heterocycles. The van der Waals surface area contributed by atoms with Crippen LogP contribution >= 0.6 is 0 Å². The third-order valence-electron chi connectivity index (χ3n) is 2.39. The van der Waals surface area contributed by atoms with E-state index in [-0.39, 0.29) is 5.82 Å². The second kappa shape index (κ2) is 4.29. The van der Waals surface area contributed by atoms with Crippen molar-refractivity contribution >= 4 is 28.2 Å². The Morgan fingerprint density at radius 2 is 2.00 bits per heavy atom. The summed E-state index contributed by atoms with van der Waals surface area (Å²) in [5.74, 6) is 0.117. The van der Waals surface area contributed by atoms with E-state index in [1.807, 2.05) is 0 Å². The summed E-state index contributed by atoms with van der Waals surface area (Å²) in [6, 6.07) is 5.23. The Morgan fingerprint density at radius 1 is 1.16 bits per heavy atom. The molecule has 0 bridgehead atoms. The second-order valence-corrected chi connectivity index (χ2v) is 3.68. The number of fused-ring (bicyclic) bond motifs is 1. The minimum absolute atomic E-state index is 0.117. The first-order chi connectivity index (χ1) is 9.22. The van der Waals surface area contributed by atoms with Gasteiger partial charge < -0.3 is 5.73 Å². The molecule has 0 aliphatic rings. The van der Waals surface area contributed by atoms with Gasteiger partial charge in [-0.25, -0.2) is 4.79 Å². The van der Waals surface area contributed by atoms with Crippen LogP contribution in [0.5, 0.6) is 0 Å². The number of nitrogens with zero attached hydrogens (tertiary/aromatic N) is 5. The number of nitrogen functional groups attached to an aromatic ring is 1. The number of rotatable bonds is 2. The molecule has 9 heteroatoms. The molecule has 0 radical (unpaired) electrons. The van der Waals surface area contributed by atoms with Gasteiger partial charge in [0.1, 0.15) is 22.5 Å². The average Bonchev–Trinajstić information content (AvgIpc) is 2.85. The van der Waals surface area contributed by atoms with Crippen molar-refractivity contribution in [2.45, 2.75) is 0 Å². The summed E-state index contributed by atoms with van der Waals surface area (Å²) in [4.78, 5) is 16.7. The first-order valence-corrected chi connectivity index (χ1v) is 5.29. The van der Waals surface area contributed by atoms with Gasteiger partial charge in [0.05, 0.1) is 11.9 Å². The molecule has 9 nitrogen and oxygen atoms in total. The number of aromatic amines is 2. The molecule has 0 saturated carbocycles. The van der Waals surface area contributed by atoms with Crippen molar-refractivity contribution in [3.05, 3.63) is 34.9 Å². The van der Waals surface area contributed by atoms with Gasteiger partial charge >= 0.3 is 5.69 Å². The zero-order valence-electron chi connectivity index (χ0n) is 9.53. The summed E-state index contributed by atoms with van der Waals surface area (Å²) in [6.45, 7) is 0. The smallest absolute Gasteiger partial charge is 0.346 e. The van der Waals surface area contributed by atoms with E-state index in [9.17, 15) is 4.79 Å². The number of aromatic nitrogens is 5. The Balaban J connectivity index is 1.94. The van der Waals surface area contributed by atoms with Crippen LogP contribution < -0.4 is 11.4 Å². The summed E-state index contributed by atoms with van der Waals surface area (Å²) in [5, 5.41) is 18.3. The van der Waals surface area contributed by atoms with E-state index in [1.54, 1.807) is 18.2 Å². The van der Waals surface area contributed by atoms with Crippen LogP contribution in [0.2, 0.25) is 0 Å². The second-order valence-electron chi connectivity index (χ2n) is 3.68. The molecule has 4 N–H and O–H groups in total. The number of H-pyrrole nitrogens is 2. The van der Waals surface area contributed by atoms with Crippen molar-refractivity contribution in [3.63, 3.8) is 0 Å². The highest BCUT2D eigenvalue weighted by atomic mass is 16.1. The Labute approximate surface area is 105 Å². The highest BCUT2D eigenvalue weighted by Gasteiger charge is 2.01. The third-order valence-corrected chi connectivity index (χ3v) is 2.39. The Morgan fingerprint density at radius 3 is 2.84 bits per heavy atom. The van der Waals surface area contributed by atoms with Crippen LogP contribution in [0.15, 0.2) is 39.4 Å². The predicted molar refractivity (Wildman–Crippen MR) is 67.3 cm³/mol. The number of hydrogen-bond acceptors (Lipinski definition) is 7. The van der Waals surface area contributed by atoms with Crippen molar-refractivity contribution in [2.75, 3.05) is 5.73 Å². The highest BCUT2D eigenvalue weighted by molar-refractivity contribution is 5.77. The van der Waals surface area contributed by atoms with Gasteiger partial charge in [-0.1, -0.05) is 0 Å². The molecule has 3 rings (SSSR count). The van der Waals surface area contributed by atoms with Crippen molar-refractivity contribution in [2.24, 2.45) is 10.2 Å². The fourth-order valence-corrected chi connectivity index (χ4v) is 1.48. The number of hydrogen-bond donors (Lipinski definition) is 3. The van der Waals surface area contributed by atoms with Crippen LogP contribution in [0.3, 0.4) is 0 Å². The first kappa shape index (κ1) is 11.0. The van der Waals surface area contributed by atoms with Gasteiger partial charge in [0.15, 0.2) is 0 Å². The van der Waals surface area contributed by atoms with E-state index < -0.39 is 5.69 Å². The van der Waals surface area contributed by atoms with Crippen LogP contribution in [0.25, 0.3) is 11.0 Å². The van der Waals surface area contributed by atoms with E-state index in [4.69, 9.17) is 5.73 Å². The molecule has 0 fully saturated rings. The maximum absolute atomic E-state index is 10.9. The molecule has 0 amide bonds. The number of nitrogens with one attached hydrogen (secondary N) is 2. The van der Waals surface area contributed by atoms with Gasteiger partial charge in [0, 0.05) is 0 Å². The molecular formula is C10H8N8O. The zero-order valence-corrected chi connectivity index (χ0v) is 9.53. The molecule has 3 aromatic rings. The molecule has 19 heavy (non-hydrogen) atoms. The van der Waals surface area contributed by atoms with Crippen LogP contribution in [0, 0.1) is 0 Å². The number of benzene rings is 1. The largest absolute Gasteiger partial charge is 0.383 e. The molecule has 0 saturated heterocycles.